The number of rotatable bonds is 5. The smallest absolute Gasteiger partial charge is 0.144 e. The molecule has 5 nitrogen and oxygen atoms in total. The van der Waals surface area contributed by atoms with E-state index in [1.54, 1.807) is 36.5 Å². The lowest BCUT2D eigenvalue weighted by molar-refractivity contribution is 0.247. The predicted molar refractivity (Wildman–Crippen MR) is 86.2 cm³/mol. The number of oxime groups is 1. The Labute approximate surface area is 133 Å². The monoisotopic (exact) mass is 320 g/mol. The Bertz CT molecular complexity index is 707. The van der Waals surface area contributed by atoms with Crippen molar-refractivity contribution in [1.29, 1.82) is 0 Å². The van der Waals surface area contributed by atoms with Gasteiger partial charge < -0.3 is 14.7 Å². The molecule has 1 aromatic heterocycles. The van der Waals surface area contributed by atoms with Crippen molar-refractivity contribution in [3.05, 3.63) is 58.0 Å². The molecule has 1 atom stereocenters. The zero-order valence-electron chi connectivity index (χ0n) is 12.3. The van der Waals surface area contributed by atoms with Gasteiger partial charge in [-0.25, -0.2) is 0 Å². The highest BCUT2D eigenvalue weighted by atomic mass is 35.5. The Morgan fingerprint density at radius 3 is 2.73 bits per heavy atom. The number of benzene rings is 1. The topological polar surface area (TPSA) is 78.3 Å². The molecule has 0 aliphatic rings. The fourth-order valence-electron chi connectivity index (χ4n) is 2.08. The first kappa shape index (κ1) is 16.3. The summed E-state index contributed by atoms with van der Waals surface area (Å²) in [6, 6.07) is 8.37. The number of hydrogen-bond donors (Lipinski definition) is 2. The van der Waals surface area contributed by atoms with E-state index in [9.17, 15) is 5.21 Å². The summed E-state index contributed by atoms with van der Waals surface area (Å²) in [4.78, 5) is 4.33. The number of nitrogens with zero attached hydrogens (tertiary/aromatic N) is 2. The van der Waals surface area contributed by atoms with Gasteiger partial charge in [0.1, 0.15) is 23.8 Å². The van der Waals surface area contributed by atoms with Gasteiger partial charge in [-0.2, -0.15) is 0 Å². The van der Waals surface area contributed by atoms with Crippen molar-refractivity contribution in [2.75, 3.05) is 0 Å². The van der Waals surface area contributed by atoms with Crippen LogP contribution in [0.1, 0.15) is 29.6 Å². The van der Waals surface area contributed by atoms with Crippen molar-refractivity contribution in [1.82, 2.24) is 0 Å². The van der Waals surface area contributed by atoms with E-state index in [0.717, 1.165) is 11.1 Å². The first-order valence-corrected chi connectivity index (χ1v) is 7.14. The second-order valence-corrected chi connectivity index (χ2v) is 5.30. The molecule has 6 heteroatoms. The van der Waals surface area contributed by atoms with Crippen LogP contribution < -0.4 is 0 Å². The Morgan fingerprint density at radius 1 is 1.36 bits per heavy atom. The molecule has 0 saturated heterocycles. The molecule has 0 aliphatic carbocycles. The van der Waals surface area contributed by atoms with E-state index in [0.29, 0.717) is 22.3 Å². The maximum atomic E-state index is 9.31. The fourth-order valence-corrected chi connectivity index (χ4v) is 2.31. The third kappa shape index (κ3) is 3.75. The first-order chi connectivity index (χ1) is 10.5. The Kier molecular flexibility index (Phi) is 5.35. The Balaban J connectivity index is 2.20. The van der Waals surface area contributed by atoms with Crippen molar-refractivity contribution < 1.29 is 14.7 Å². The molecule has 22 heavy (non-hydrogen) atoms. The quantitative estimate of drug-likeness (QED) is 0.503. The van der Waals surface area contributed by atoms with E-state index < -0.39 is 0 Å². The third-order valence-electron chi connectivity index (χ3n) is 3.23. The number of halogens is 1. The highest BCUT2D eigenvalue weighted by Crippen LogP contribution is 2.18. The molecule has 0 bridgehead atoms. The van der Waals surface area contributed by atoms with Crippen molar-refractivity contribution >= 4 is 23.5 Å². The van der Waals surface area contributed by atoms with Crippen LogP contribution in [-0.2, 0) is 6.61 Å². The lowest BCUT2D eigenvalue weighted by Crippen LogP contribution is -2.18. The molecule has 1 aromatic carbocycles. The van der Waals surface area contributed by atoms with E-state index in [2.05, 4.69) is 10.1 Å². The molecule has 0 amide bonds. The van der Waals surface area contributed by atoms with Crippen molar-refractivity contribution in [2.45, 2.75) is 26.5 Å². The van der Waals surface area contributed by atoms with Crippen LogP contribution in [-0.4, -0.2) is 28.3 Å². The van der Waals surface area contributed by atoms with Gasteiger partial charge in [-0.15, -0.1) is 0 Å². The van der Waals surface area contributed by atoms with Gasteiger partial charge in [-0.3, -0.25) is 4.99 Å². The number of hydrogen-bond acceptors (Lipinski definition) is 5. The van der Waals surface area contributed by atoms with E-state index in [4.69, 9.17) is 21.1 Å². The summed E-state index contributed by atoms with van der Waals surface area (Å²) in [6.07, 6.45) is 1.54. The minimum Gasteiger partial charge on any atom is -0.458 e. The molecule has 0 radical (unpaired) electrons. The minimum absolute atomic E-state index is 0.156. The normalized spacial score (nSPS) is 13.7. The van der Waals surface area contributed by atoms with Gasteiger partial charge in [0.2, 0.25) is 0 Å². The number of aliphatic hydroxyl groups is 1. The second kappa shape index (κ2) is 7.24. The number of furan rings is 1. The molecule has 0 fully saturated rings. The number of aryl methyl sites for hydroxylation is 1. The molecular formula is C16H17ClN2O3. The highest BCUT2D eigenvalue weighted by molar-refractivity contribution is 6.30. The largest absolute Gasteiger partial charge is 0.458 e. The Hall–Kier alpha value is -2.11. The lowest BCUT2D eigenvalue weighted by Gasteiger charge is -2.11. The summed E-state index contributed by atoms with van der Waals surface area (Å²) in [6.45, 7) is 3.55. The van der Waals surface area contributed by atoms with Gasteiger partial charge in [0.05, 0.1) is 12.3 Å². The van der Waals surface area contributed by atoms with Crippen LogP contribution in [0.3, 0.4) is 0 Å². The maximum Gasteiger partial charge on any atom is 0.144 e. The van der Waals surface area contributed by atoms with Gasteiger partial charge in [-0.1, -0.05) is 22.8 Å². The van der Waals surface area contributed by atoms with Crippen LogP contribution in [0.5, 0.6) is 0 Å². The van der Waals surface area contributed by atoms with E-state index in [1.807, 2.05) is 13.8 Å². The van der Waals surface area contributed by atoms with E-state index >= 15 is 0 Å². The summed E-state index contributed by atoms with van der Waals surface area (Å²) in [5.74, 6) is 1.000. The summed E-state index contributed by atoms with van der Waals surface area (Å²) < 4.78 is 5.32. The summed E-state index contributed by atoms with van der Waals surface area (Å²) in [7, 11) is 0. The van der Waals surface area contributed by atoms with Gasteiger partial charge in [0, 0.05) is 10.6 Å². The average Bonchev–Trinajstić information content (AvgIpc) is 2.96. The summed E-state index contributed by atoms with van der Waals surface area (Å²) >= 11 is 5.94. The molecule has 116 valence electrons. The van der Waals surface area contributed by atoms with Crippen LogP contribution in [0.4, 0.5) is 0 Å². The number of aliphatic imine (C=N–C) groups is 1. The highest BCUT2D eigenvalue weighted by Gasteiger charge is 2.15. The van der Waals surface area contributed by atoms with E-state index in [-0.39, 0.29) is 12.6 Å². The minimum atomic E-state index is -0.368. The van der Waals surface area contributed by atoms with Gasteiger partial charge in [0.15, 0.2) is 0 Å². The van der Waals surface area contributed by atoms with Crippen molar-refractivity contribution in [3.8, 4) is 0 Å². The van der Waals surface area contributed by atoms with Crippen LogP contribution in [0.2, 0.25) is 5.02 Å². The SMILES string of the molecule is Cc1cc(Cl)ccc1/C(=N/O)C(C)N=Cc1ccc(CO)o1. The summed E-state index contributed by atoms with van der Waals surface area (Å²) in [5, 5.41) is 22.3. The zero-order valence-corrected chi connectivity index (χ0v) is 13.1. The van der Waals surface area contributed by atoms with Gasteiger partial charge >= 0.3 is 0 Å². The first-order valence-electron chi connectivity index (χ1n) is 6.76. The molecule has 1 unspecified atom stereocenters. The number of aliphatic hydroxyl groups excluding tert-OH is 1. The second-order valence-electron chi connectivity index (χ2n) is 4.86. The predicted octanol–water partition coefficient (Wildman–Crippen LogP) is 3.42. The molecule has 2 N–H and O–H groups in total. The lowest BCUT2D eigenvalue weighted by atomic mass is 10.00. The molecule has 2 rings (SSSR count). The molecule has 2 aromatic rings. The van der Waals surface area contributed by atoms with Crippen LogP contribution in [0, 0.1) is 6.92 Å². The van der Waals surface area contributed by atoms with Crippen LogP contribution in [0.15, 0.2) is 44.9 Å². The standard InChI is InChI=1S/C16H17ClN2O3/c1-10-7-12(17)3-6-15(10)16(19-21)11(2)18-8-13-4-5-14(9-20)22-13/h3-8,11,20-21H,9H2,1-2H3/b18-8?,19-16+. The molecule has 0 saturated carbocycles. The zero-order chi connectivity index (χ0) is 16.1. The van der Waals surface area contributed by atoms with Crippen LogP contribution >= 0.6 is 11.6 Å². The molecular weight excluding hydrogens is 304 g/mol. The summed E-state index contributed by atoms with van der Waals surface area (Å²) in [5.41, 5.74) is 2.13. The van der Waals surface area contributed by atoms with Gasteiger partial charge in [0.25, 0.3) is 0 Å². The maximum absolute atomic E-state index is 9.31. The Morgan fingerprint density at radius 2 is 2.14 bits per heavy atom. The molecule has 1 heterocycles. The van der Waals surface area contributed by atoms with Crippen molar-refractivity contribution in [2.24, 2.45) is 10.1 Å². The fraction of sp³-hybridized carbons (Fsp3) is 0.250. The van der Waals surface area contributed by atoms with Crippen LogP contribution in [0.25, 0.3) is 0 Å². The third-order valence-corrected chi connectivity index (χ3v) is 3.47. The molecule has 0 aliphatic heterocycles. The molecule has 0 spiro atoms. The van der Waals surface area contributed by atoms with E-state index in [1.165, 1.54) is 0 Å². The average molecular weight is 321 g/mol. The van der Waals surface area contributed by atoms with Gasteiger partial charge in [-0.05, 0) is 43.7 Å². The van der Waals surface area contributed by atoms with Crippen molar-refractivity contribution in [3.63, 3.8) is 0 Å².